The predicted octanol–water partition coefficient (Wildman–Crippen LogP) is 2.91. The van der Waals surface area contributed by atoms with Gasteiger partial charge in [-0.05, 0) is 36.8 Å². The highest BCUT2D eigenvalue weighted by atomic mass is 127. The first-order valence-corrected chi connectivity index (χ1v) is 8.43. The van der Waals surface area contributed by atoms with Gasteiger partial charge < -0.3 is 25.2 Å². The molecule has 1 atom stereocenters. The van der Waals surface area contributed by atoms with Crippen molar-refractivity contribution in [2.75, 3.05) is 19.7 Å². The number of phenols is 1. The molecule has 0 aromatic heterocycles. The number of hydrogen-bond acceptors (Lipinski definition) is 4. The van der Waals surface area contributed by atoms with Gasteiger partial charge in [-0.2, -0.15) is 0 Å². The second-order valence-electron chi connectivity index (χ2n) is 5.74. The van der Waals surface area contributed by atoms with E-state index in [0.29, 0.717) is 25.7 Å². The Morgan fingerprint density at radius 2 is 1.96 bits per heavy atom. The maximum atomic E-state index is 9.53. The minimum absolute atomic E-state index is 0. The van der Waals surface area contributed by atoms with Gasteiger partial charge in [-0.25, -0.2) is 4.99 Å². The van der Waals surface area contributed by atoms with Gasteiger partial charge in [0.25, 0.3) is 0 Å². The SMILES string of the molecule is CCNC(=NCc1cccc(O)c1)NCC1COc2ccccc2O1.I. The second-order valence-corrected chi connectivity index (χ2v) is 5.74. The molecule has 0 radical (unpaired) electrons. The number of phenolic OH excluding ortho intramolecular Hbond substituents is 1. The highest BCUT2D eigenvalue weighted by Crippen LogP contribution is 2.30. The summed E-state index contributed by atoms with van der Waals surface area (Å²) in [5, 5.41) is 16.0. The number of ether oxygens (including phenoxy) is 2. The minimum Gasteiger partial charge on any atom is -0.508 e. The molecule has 0 saturated carbocycles. The van der Waals surface area contributed by atoms with Crippen LogP contribution in [0.5, 0.6) is 17.2 Å². The van der Waals surface area contributed by atoms with Crippen molar-refractivity contribution in [2.45, 2.75) is 19.6 Å². The minimum atomic E-state index is -0.0838. The Morgan fingerprint density at radius 1 is 1.15 bits per heavy atom. The van der Waals surface area contributed by atoms with Crippen LogP contribution in [0.1, 0.15) is 12.5 Å². The van der Waals surface area contributed by atoms with Gasteiger partial charge in [0.2, 0.25) is 0 Å². The van der Waals surface area contributed by atoms with Crippen LogP contribution in [0.4, 0.5) is 0 Å². The van der Waals surface area contributed by atoms with Crippen molar-refractivity contribution in [2.24, 2.45) is 4.99 Å². The summed E-state index contributed by atoms with van der Waals surface area (Å²) in [5.74, 6) is 2.50. The zero-order valence-corrected chi connectivity index (χ0v) is 17.0. The van der Waals surface area contributed by atoms with E-state index in [1.807, 2.05) is 43.3 Å². The number of rotatable bonds is 5. The van der Waals surface area contributed by atoms with Crippen LogP contribution in [-0.2, 0) is 6.54 Å². The van der Waals surface area contributed by atoms with E-state index in [1.165, 1.54) is 0 Å². The molecule has 1 heterocycles. The molecule has 6 nitrogen and oxygen atoms in total. The number of fused-ring (bicyclic) bond motifs is 1. The number of para-hydroxylation sites is 2. The van der Waals surface area contributed by atoms with Gasteiger partial charge in [0.05, 0.1) is 13.1 Å². The fraction of sp³-hybridized carbons (Fsp3) is 0.316. The summed E-state index contributed by atoms with van der Waals surface area (Å²) in [7, 11) is 0. The van der Waals surface area contributed by atoms with Crippen molar-refractivity contribution in [3.63, 3.8) is 0 Å². The van der Waals surface area contributed by atoms with Crippen LogP contribution in [0.15, 0.2) is 53.5 Å². The summed E-state index contributed by atoms with van der Waals surface area (Å²) in [4.78, 5) is 4.54. The van der Waals surface area contributed by atoms with Crippen LogP contribution in [0.2, 0.25) is 0 Å². The Hall–Kier alpha value is -2.16. The highest BCUT2D eigenvalue weighted by Gasteiger charge is 2.20. The van der Waals surface area contributed by atoms with Crippen LogP contribution < -0.4 is 20.1 Å². The molecule has 26 heavy (non-hydrogen) atoms. The van der Waals surface area contributed by atoms with Crippen molar-refractivity contribution in [1.82, 2.24) is 10.6 Å². The molecule has 0 saturated heterocycles. The lowest BCUT2D eigenvalue weighted by Crippen LogP contribution is -2.45. The number of aromatic hydroxyl groups is 1. The van der Waals surface area contributed by atoms with E-state index >= 15 is 0 Å². The predicted molar refractivity (Wildman–Crippen MR) is 113 cm³/mol. The van der Waals surface area contributed by atoms with Crippen molar-refractivity contribution in [3.8, 4) is 17.2 Å². The third-order valence-electron chi connectivity index (χ3n) is 3.74. The lowest BCUT2D eigenvalue weighted by Gasteiger charge is -2.27. The molecule has 3 rings (SSSR count). The second kappa shape index (κ2) is 10.1. The van der Waals surface area contributed by atoms with E-state index in [9.17, 15) is 5.11 Å². The molecule has 140 valence electrons. The van der Waals surface area contributed by atoms with Gasteiger partial charge in [0.15, 0.2) is 17.5 Å². The van der Waals surface area contributed by atoms with Gasteiger partial charge in [0, 0.05) is 6.54 Å². The molecule has 1 aliphatic rings. The summed E-state index contributed by atoms with van der Waals surface area (Å²) in [6.07, 6.45) is -0.0838. The number of benzene rings is 2. The summed E-state index contributed by atoms with van der Waals surface area (Å²) in [5.41, 5.74) is 0.948. The average Bonchev–Trinajstić information content (AvgIpc) is 2.64. The van der Waals surface area contributed by atoms with Gasteiger partial charge in [-0.15, -0.1) is 24.0 Å². The molecule has 0 amide bonds. The normalized spacial score (nSPS) is 15.7. The largest absolute Gasteiger partial charge is 0.508 e. The summed E-state index contributed by atoms with van der Waals surface area (Å²) in [6, 6.07) is 14.8. The molecule has 3 N–H and O–H groups in total. The molecule has 2 aromatic rings. The van der Waals surface area contributed by atoms with E-state index in [0.717, 1.165) is 23.6 Å². The Bertz CT molecular complexity index is 739. The molecule has 2 aromatic carbocycles. The number of halogens is 1. The van der Waals surface area contributed by atoms with Crippen molar-refractivity contribution in [3.05, 3.63) is 54.1 Å². The number of nitrogens with one attached hydrogen (secondary N) is 2. The van der Waals surface area contributed by atoms with E-state index in [-0.39, 0.29) is 35.8 Å². The van der Waals surface area contributed by atoms with Crippen LogP contribution in [0.25, 0.3) is 0 Å². The molecular weight excluding hydrogens is 445 g/mol. The quantitative estimate of drug-likeness (QED) is 0.357. The molecule has 1 unspecified atom stereocenters. The first-order valence-electron chi connectivity index (χ1n) is 8.43. The van der Waals surface area contributed by atoms with Crippen molar-refractivity contribution in [1.29, 1.82) is 0 Å². The van der Waals surface area contributed by atoms with Gasteiger partial charge in [-0.1, -0.05) is 24.3 Å². The third-order valence-corrected chi connectivity index (χ3v) is 3.74. The lowest BCUT2D eigenvalue weighted by atomic mass is 10.2. The van der Waals surface area contributed by atoms with E-state index in [4.69, 9.17) is 9.47 Å². The Kier molecular flexibility index (Phi) is 7.83. The lowest BCUT2D eigenvalue weighted by molar-refractivity contribution is 0.0936. The molecule has 0 aliphatic carbocycles. The molecular formula is C19H24IN3O3. The topological polar surface area (TPSA) is 75.1 Å². The van der Waals surface area contributed by atoms with Gasteiger partial charge in [-0.3, -0.25) is 0 Å². The fourth-order valence-corrected chi connectivity index (χ4v) is 2.54. The van der Waals surface area contributed by atoms with Crippen molar-refractivity contribution >= 4 is 29.9 Å². The van der Waals surface area contributed by atoms with Crippen LogP contribution in [0.3, 0.4) is 0 Å². The Morgan fingerprint density at radius 3 is 2.73 bits per heavy atom. The molecule has 1 aliphatic heterocycles. The van der Waals surface area contributed by atoms with Crippen LogP contribution >= 0.6 is 24.0 Å². The first-order chi connectivity index (χ1) is 12.2. The monoisotopic (exact) mass is 469 g/mol. The Balaban J connectivity index is 0.00000243. The molecule has 0 bridgehead atoms. The van der Waals surface area contributed by atoms with Gasteiger partial charge >= 0.3 is 0 Å². The summed E-state index contributed by atoms with van der Waals surface area (Å²) in [6.45, 7) is 4.34. The fourth-order valence-electron chi connectivity index (χ4n) is 2.54. The number of aliphatic imine (C=N–C) groups is 1. The Labute approximate surface area is 170 Å². The number of nitrogens with zero attached hydrogens (tertiary/aromatic N) is 1. The summed E-state index contributed by atoms with van der Waals surface area (Å²) < 4.78 is 11.7. The zero-order valence-electron chi connectivity index (χ0n) is 14.6. The van der Waals surface area contributed by atoms with E-state index in [2.05, 4.69) is 15.6 Å². The molecule has 0 spiro atoms. The maximum Gasteiger partial charge on any atom is 0.191 e. The molecule has 7 heteroatoms. The first kappa shape index (κ1) is 20.2. The number of guanidine groups is 1. The average molecular weight is 469 g/mol. The van der Waals surface area contributed by atoms with Crippen molar-refractivity contribution < 1.29 is 14.6 Å². The highest BCUT2D eigenvalue weighted by molar-refractivity contribution is 14.0. The maximum absolute atomic E-state index is 9.53. The van der Waals surface area contributed by atoms with Crippen LogP contribution in [-0.4, -0.2) is 36.9 Å². The van der Waals surface area contributed by atoms with E-state index < -0.39 is 0 Å². The zero-order chi connectivity index (χ0) is 17.5. The van der Waals surface area contributed by atoms with E-state index in [1.54, 1.807) is 12.1 Å². The number of hydrogen-bond donors (Lipinski definition) is 3. The molecule has 0 fully saturated rings. The summed E-state index contributed by atoms with van der Waals surface area (Å²) >= 11 is 0. The van der Waals surface area contributed by atoms with Gasteiger partial charge in [0.1, 0.15) is 18.5 Å². The third kappa shape index (κ3) is 5.69. The standard InChI is InChI=1S/C19H23N3O3.HI/c1-2-20-19(21-11-14-6-5-7-15(23)10-14)22-12-16-13-24-17-8-3-4-9-18(17)25-16;/h3-10,16,23H,2,11-13H2,1H3,(H2,20,21,22);1H. The van der Waals surface area contributed by atoms with Crippen LogP contribution in [0, 0.1) is 0 Å². The smallest absolute Gasteiger partial charge is 0.191 e.